The zero-order valence-electron chi connectivity index (χ0n) is 9.18. The first-order valence-electron chi connectivity index (χ1n) is 5.37. The molecule has 1 aromatic carbocycles. The Balaban J connectivity index is 2.35. The Hall–Kier alpha value is -1.15. The first-order chi connectivity index (χ1) is 7.20. The highest BCUT2D eigenvalue weighted by Gasteiger charge is 2.14. The third kappa shape index (κ3) is 2.10. The molecule has 2 rings (SSSR count). The van der Waals surface area contributed by atoms with Crippen LogP contribution in [0.5, 0.6) is 0 Å². The van der Waals surface area contributed by atoms with Crippen LogP contribution in [0.15, 0.2) is 23.8 Å². The Labute approximate surface area is 90.0 Å². The van der Waals surface area contributed by atoms with E-state index in [9.17, 15) is 4.39 Å². The van der Waals surface area contributed by atoms with Crippen LogP contribution in [-0.4, -0.2) is 13.1 Å². The highest BCUT2D eigenvalue weighted by atomic mass is 19.1. The van der Waals surface area contributed by atoms with E-state index in [1.807, 2.05) is 13.1 Å². The van der Waals surface area contributed by atoms with Gasteiger partial charge in [-0.05, 0) is 50.1 Å². The Morgan fingerprint density at radius 2 is 2.13 bits per heavy atom. The van der Waals surface area contributed by atoms with Crippen LogP contribution in [0, 0.1) is 5.82 Å². The number of halogens is 1. The Morgan fingerprint density at radius 3 is 2.87 bits per heavy atom. The topological polar surface area (TPSA) is 12.0 Å². The van der Waals surface area contributed by atoms with Crippen LogP contribution < -0.4 is 5.32 Å². The van der Waals surface area contributed by atoms with Gasteiger partial charge in [0.2, 0.25) is 0 Å². The molecule has 0 aromatic heterocycles. The smallest absolute Gasteiger partial charge is 0.123 e. The van der Waals surface area contributed by atoms with Crippen molar-refractivity contribution in [2.75, 3.05) is 7.05 Å². The molecule has 1 aromatic rings. The predicted molar refractivity (Wildman–Crippen MR) is 61.2 cm³/mol. The Morgan fingerprint density at radius 1 is 1.33 bits per heavy atom. The average molecular weight is 205 g/mol. The highest BCUT2D eigenvalue weighted by Crippen LogP contribution is 2.26. The van der Waals surface area contributed by atoms with Gasteiger partial charge in [-0.15, -0.1) is 0 Å². The molecule has 1 unspecified atom stereocenters. The molecule has 15 heavy (non-hydrogen) atoms. The van der Waals surface area contributed by atoms with Crippen LogP contribution in [0.4, 0.5) is 4.39 Å². The maximum Gasteiger partial charge on any atom is 0.123 e. The first-order valence-corrected chi connectivity index (χ1v) is 5.37. The lowest BCUT2D eigenvalue weighted by atomic mass is 9.89. The SMILES string of the molecule is CNC(C)C1=Cc2cc(F)ccc2CC1. The predicted octanol–water partition coefficient (Wildman–Crippen LogP) is 2.76. The number of likely N-dealkylation sites (N-methyl/N-ethyl adjacent to an activating group) is 1. The molecule has 0 amide bonds. The lowest BCUT2D eigenvalue weighted by Gasteiger charge is -2.21. The van der Waals surface area contributed by atoms with Gasteiger partial charge in [-0.2, -0.15) is 0 Å². The summed E-state index contributed by atoms with van der Waals surface area (Å²) in [5.74, 6) is -0.150. The van der Waals surface area contributed by atoms with Crippen molar-refractivity contribution < 1.29 is 4.39 Å². The molecule has 0 saturated carbocycles. The molecular weight excluding hydrogens is 189 g/mol. The molecule has 0 spiro atoms. The summed E-state index contributed by atoms with van der Waals surface area (Å²) in [6.07, 6.45) is 4.21. The summed E-state index contributed by atoms with van der Waals surface area (Å²) >= 11 is 0. The zero-order chi connectivity index (χ0) is 10.8. The average Bonchev–Trinajstić information content (AvgIpc) is 2.27. The molecule has 1 N–H and O–H groups in total. The molecule has 0 aliphatic heterocycles. The normalized spacial score (nSPS) is 16.9. The van der Waals surface area contributed by atoms with Crippen molar-refractivity contribution >= 4 is 6.08 Å². The molecule has 0 saturated heterocycles. The minimum atomic E-state index is -0.150. The number of benzene rings is 1. The van der Waals surface area contributed by atoms with Gasteiger partial charge >= 0.3 is 0 Å². The summed E-state index contributed by atoms with van der Waals surface area (Å²) in [6.45, 7) is 2.14. The van der Waals surface area contributed by atoms with Gasteiger partial charge in [0, 0.05) is 6.04 Å². The fraction of sp³-hybridized carbons (Fsp3) is 0.385. The number of hydrogen-bond acceptors (Lipinski definition) is 1. The molecule has 80 valence electrons. The number of hydrogen-bond donors (Lipinski definition) is 1. The van der Waals surface area contributed by atoms with E-state index in [1.165, 1.54) is 11.1 Å². The largest absolute Gasteiger partial charge is 0.314 e. The minimum absolute atomic E-state index is 0.150. The fourth-order valence-corrected chi connectivity index (χ4v) is 2.01. The molecule has 0 fully saturated rings. The Bertz CT molecular complexity index is 396. The number of aryl methyl sites for hydroxylation is 1. The third-order valence-electron chi connectivity index (χ3n) is 3.12. The van der Waals surface area contributed by atoms with Crippen molar-refractivity contribution in [1.29, 1.82) is 0 Å². The summed E-state index contributed by atoms with van der Waals surface area (Å²) in [6, 6.07) is 5.43. The molecule has 1 aliphatic carbocycles. The first kappa shape index (κ1) is 10.4. The number of rotatable bonds is 2. The van der Waals surface area contributed by atoms with Gasteiger partial charge in [0.15, 0.2) is 0 Å². The van der Waals surface area contributed by atoms with Crippen molar-refractivity contribution in [3.63, 3.8) is 0 Å². The zero-order valence-corrected chi connectivity index (χ0v) is 9.18. The summed E-state index contributed by atoms with van der Waals surface area (Å²) < 4.78 is 13.1. The lowest BCUT2D eigenvalue weighted by Crippen LogP contribution is -2.24. The number of fused-ring (bicyclic) bond motifs is 1. The summed E-state index contributed by atoms with van der Waals surface area (Å²) in [7, 11) is 1.95. The molecule has 1 atom stereocenters. The van der Waals surface area contributed by atoms with Crippen LogP contribution in [0.25, 0.3) is 6.08 Å². The van der Waals surface area contributed by atoms with Crippen molar-refractivity contribution in [3.8, 4) is 0 Å². The van der Waals surface area contributed by atoms with E-state index in [-0.39, 0.29) is 5.82 Å². The molecular formula is C13H16FN. The monoisotopic (exact) mass is 205 g/mol. The number of nitrogens with one attached hydrogen (secondary N) is 1. The van der Waals surface area contributed by atoms with Gasteiger partial charge in [-0.25, -0.2) is 4.39 Å². The van der Waals surface area contributed by atoms with Crippen LogP contribution in [0.3, 0.4) is 0 Å². The minimum Gasteiger partial charge on any atom is -0.314 e. The standard InChI is InChI=1S/C13H16FN/c1-9(15-2)11-4-3-10-5-6-13(14)8-12(10)7-11/h5-9,15H,3-4H2,1-2H3. The van der Waals surface area contributed by atoms with Crippen molar-refractivity contribution in [2.24, 2.45) is 0 Å². The maximum atomic E-state index is 13.1. The molecule has 0 heterocycles. The van der Waals surface area contributed by atoms with E-state index in [1.54, 1.807) is 12.1 Å². The highest BCUT2D eigenvalue weighted by molar-refractivity contribution is 5.60. The molecule has 0 radical (unpaired) electrons. The van der Waals surface area contributed by atoms with E-state index in [0.717, 1.165) is 18.4 Å². The lowest BCUT2D eigenvalue weighted by molar-refractivity contribution is 0.624. The maximum absolute atomic E-state index is 13.1. The van der Waals surface area contributed by atoms with Crippen LogP contribution in [0.2, 0.25) is 0 Å². The van der Waals surface area contributed by atoms with E-state index >= 15 is 0 Å². The second kappa shape index (κ2) is 4.15. The molecule has 2 heteroatoms. The summed E-state index contributed by atoms with van der Waals surface area (Å²) in [5.41, 5.74) is 3.65. The van der Waals surface area contributed by atoms with Crippen molar-refractivity contribution in [3.05, 3.63) is 40.7 Å². The Kier molecular flexibility index (Phi) is 2.87. The van der Waals surface area contributed by atoms with Gasteiger partial charge in [-0.1, -0.05) is 17.7 Å². The van der Waals surface area contributed by atoms with E-state index in [2.05, 4.69) is 18.3 Å². The van der Waals surface area contributed by atoms with Crippen LogP contribution in [-0.2, 0) is 6.42 Å². The molecule has 1 nitrogen and oxygen atoms in total. The van der Waals surface area contributed by atoms with Gasteiger partial charge in [0.1, 0.15) is 5.82 Å². The molecule has 0 bridgehead atoms. The third-order valence-corrected chi connectivity index (χ3v) is 3.12. The summed E-state index contributed by atoms with van der Waals surface area (Å²) in [5, 5.41) is 3.22. The summed E-state index contributed by atoms with van der Waals surface area (Å²) in [4.78, 5) is 0. The molecule has 1 aliphatic rings. The van der Waals surface area contributed by atoms with E-state index in [4.69, 9.17) is 0 Å². The van der Waals surface area contributed by atoms with E-state index < -0.39 is 0 Å². The van der Waals surface area contributed by atoms with E-state index in [0.29, 0.717) is 6.04 Å². The van der Waals surface area contributed by atoms with Gasteiger partial charge in [-0.3, -0.25) is 0 Å². The van der Waals surface area contributed by atoms with Crippen LogP contribution >= 0.6 is 0 Å². The van der Waals surface area contributed by atoms with Gasteiger partial charge in [0.05, 0.1) is 0 Å². The second-order valence-corrected chi connectivity index (χ2v) is 4.07. The van der Waals surface area contributed by atoms with Crippen molar-refractivity contribution in [1.82, 2.24) is 5.32 Å². The fourth-order valence-electron chi connectivity index (χ4n) is 2.01. The quantitative estimate of drug-likeness (QED) is 0.782. The van der Waals surface area contributed by atoms with Gasteiger partial charge < -0.3 is 5.32 Å². The van der Waals surface area contributed by atoms with Gasteiger partial charge in [0.25, 0.3) is 0 Å². The van der Waals surface area contributed by atoms with Crippen molar-refractivity contribution in [2.45, 2.75) is 25.8 Å². The second-order valence-electron chi connectivity index (χ2n) is 4.07. The van der Waals surface area contributed by atoms with Crippen LogP contribution in [0.1, 0.15) is 24.5 Å².